The summed E-state index contributed by atoms with van der Waals surface area (Å²) in [6.45, 7) is 2.60. The van der Waals surface area contributed by atoms with Crippen LogP contribution < -0.4 is 0 Å². The minimum Gasteiger partial charge on any atom is -0.481 e. The van der Waals surface area contributed by atoms with Gasteiger partial charge in [0.05, 0.1) is 18.7 Å². The number of benzene rings is 1. The largest absolute Gasteiger partial charge is 0.481 e. The number of aliphatic carboxylic acids is 1. The lowest BCUT2D eigenvalue weighted by atomic mass is 9.85. The van der Waals surface area contributed by atoms with Gasteiger partial charge < -0.3 is 14.8 Å². The zero-order valence-corrected chi connectivity index (χ0v) is 14.6. The van der Waals surface area contributed by atoms with E-state index < -0.39 is 11.6 Å². The maximum absolute atomic E-state index is 11.5. The third-order valence-corrected chi connectivity index (χ3v) is 5.01. The molecular weight excluding hydrogens is 358 g/mol. The topological polar surface area (TPSA) is 62.3 Å². The van der Waals surface area contributed by atoms with Gasteiger partial charge in [-0.05, 0) is 30.5 Å². The minimum absolute atomic E-state index is 0.0432. The molecule has 1 aromatic carbocycles. The Kier molecular flexibility index (Phi) is 4.60. The summed E-state index contributed by atoms with van der Waals surface area (Å²) in [5, 5.41) is 10.6. The lowest BCUT2D eigenvalue weighted by Crippen LogP contribution is -2.37. The molecule has 3 rings (SSSR count). The number of H-pyrrole nitrogens is 1. The Hall–Kier alpha value is -1.59. The Morgan fingerprint density at radius 2 is 2.30 bits per heavy atom. The van der Waals surface area contributed by atoms with Crippen molar-refractivity contribution in [3.8, 4) is 0 Å². The van der Waals surface area contributed by atoms with Gasteiger partial charge in [0.1, 0.15) is 5.60 Å². The van der Waals surface area contributed by atoms with Crippen molar-refractivity contribution in [1.82, 2.24) is 4.98 Å². The Balaban J connectivity index is 2.16. The van der Waals surface area contributed by atoms with Crippen LogP contribution >= 0.6 is 15.9 Å². The Bertz CT molecular complexity index is 765. The van der Waals surface area contributed by atoms with Crippen molar-refractivity contribution < 1.29 is 14.6 Å². The molecule has 4 nitrogen and oxygen atoms in total. The summed E-state index contributed by atoms with van der Waals surface area (Å²) in [5.41, 5.74) is 2.28. The third kappa shape index (κ3) is 2.95. The Labute approximate surface area is 143 Å². The lowest BCUT2D eigenvalue weighted by Gasteiger charge is -2.35. The van der Waals surface area contributed by atoms with Crippen molar-refractivity contribution >= 4 is 32.8 Å². The first kappa shape index (κ1) is 16.3. The number of allylic oxidation sites excluding steroid dienone is 1. The molecule has 0 saturated heterocycles. The SMILES string of the molecule is CC/C=C/CC1(CC(=O)O)OCCc2c1[nH]c1cccc(Br)c21. The molecule has 5 heteroatoms. The average molecular weight is 378 g/mol. The summed E-state index contributed by atoms with van der Waals surface area (Å²) in [7, 11) is 0. The van der Waals surface area contributed by atoms with Crippen LogP contribution in [-0.4, -0.2) is 22.7 Å². The van der Waals surface area contributed by atoms with Crippen molar-refractivity contribution in [1.29, 1.82) is 0 Å². The van der Waals surface area contributed by atoms with Gasteiger partial charge in [-0.1, -0.05) is 41.1 Å². The van der Waals surface area contributed by atoms with Gasteiger partial charge in [-0.2, -0.15) is 0 Å². The Morgan fingerprint density at radius 1 is 1.48 bits per heavy atom. The van der Waals surface area contributed by atoms with Crippen LogP contribution in [0.5, 0.6) is 0 Å². The van der Waals surface area contributed by atoms with Crippen LogP contribution in [0.15, 0.2) is 34.8 Å². The van der Waals surface area contributed by atoms with E-state index in [1.54, 1.807) is 0 Å². The standard InChI is InChI=1S/C18H20BrNO3/c1-2-3-4-9-18(11-15(21)22)17-12(8-10-23-18)16-13(19)6-5-7-14(16)20-17/h3-7,20H,2,8-11H2,1H3,(H,21,22)/b4-3+. The fourth-order valence-electron chi connectivity index (χ4n) is 3.39. The molecule has 2 heterocycles. The predicted octanol–water partition coefficient (Wildman–Crippen LogP) is 4.53. The normalized spacial score (nSPS) is 21.0. The number of rotatable bonds is 5. The summed E-state index contributed by atoms with van der Waals surface area (Å²) >= 11 is 3.62. The van der Waals surface area contributed by atoms with Gasteiger partial charge in [0.2, 0.25) is 0 Å². The van der Waals surface area contributed by atoms with Crippen LogP contribution in [0, 0.1) is 0 Å². The van der Waals surface area contributed by atoms with E-state index in [9.17, 15) is 9.90 Å². The van der Waals surface area contributed by atoms with Gasteiger partial charge in [0, 0.05) is 21.8 Å². The Morgan fingerprint density at radius 3 is 3.04 bits per heavy atom. The number of fused-ring (bicyclic) bond motifs is 3. The van der Waals surface area contributed by atoms with Crippen LogP contribution in [0.2, 0.25) is 0 Å². The van der Waals surface area contributed by atoms with E-state index in [1.807, 2.05) is 24.3 Å². The van der Waals surface area contributed by atoms with Crippen molar-refractivity contribution in [2.45, 2.75) is 38.2 Å². The van der Waals surface area contributed by atoms with Crippen molar-refractivity contribution in [2.24, 2.45) is 0 Å². The average Bonchev–Trinajstić information content (AvgIpc) is 2.88. The summed E-state index contributed by atoms with van der Waals surface area (Å²) in [6.07, 6.45) is 6.31. The second-order valence-electron chi connectivity index (χ2n) is 5.89. The van der Waals surface area contributed by atoms with Crippen LogP contribution in [0.25, 0.3) is 10.9 Å². The molecule has 0 saturated carbocycles. The summed E-state index contributed by atoms with van der Waals surface area (Å²) in [6, 6.07) is 6.01. The molecule has 1 aliphatic heterocycles. The highest BCUT2D eigenvalue weighted by Crippen LogP contribution is 2.43. The van der Waals surface area contributed by atoms with Crippen LogP contribution in [0.1, 0.15) is 37.4 Å². The van der Waals surface area contributed by atoms with Gasteiger partial charge >= 0.3 is 5.97 Å². The van der Waals surface area contributed by atoms with Crippen molar-refractivity contribution in [3.63, 3.8) is 0 Å². The molecule has 2 N–H and O–H groups in total. The molecule has 0 fully saturated rings. The minimum atomic E-state index is -0.847. The van der Waals surface area contributed by atoms with Gasteiger partial charge in [0.15, 0.2) is 0 Å². The summed E-state index contributed by atoms with van der Waals surface area (Å²) in [5.74, 6) is -0.847. The molecule has 0 aliphatic carbocycles. The molecule has 2 aromatic rings. The molecule has 0 spiro atoms. The highest BCUT2D eigenvalue weighted by atomic mass is 79.9. The van der Waals surface area contributed by atoms with E-state index in [2.05, 4.69) is 33.9 Å². The van der Waals surface area contributed by atoms with Gasteiger partial charge in [-0.15, -0.1) is 0 Å². The van der Waals surface area contributed by atoms with E-state index >= 15 is 0 Å². The maximum atomic E-state index is 11.5. The maximum Gasteiger partial charge on any atom is 0.306 e. The number of carboxylic acid groups (broad SMARTS) is 1. The third-order valence-electron chi connectivity index (χ3n) is 4.35. The van der Waals surface area contributed by atoms with E-state index in [0.29, 0.717) is 13.0 Å². The van der Waals surface area contributed by atoms with Gasteiger partial charge in [-0.25, -0.2) is 0 Å². The zero-order valence-electron chi connectivity index (χ0n) is 13.1. The first-order chi connectivity index (χ1) is 11.1. The quantitative estimate of drug-likeness (QED) is 0.752. The second kappa shape index (κ2) is 6.49. The van der Waals surface area contributed by atoms with Crippen LogP contribution in [0.4, 0.5) is 0 Å². The molecule has 1 aromatic heterocycles. The zero-order chi connectivity index (χ0) is 16.4. The van der Waals surface area contributed by atoms with Crippen LogP contribution in [0.3, 0.4) is 0 Å². The molecule has 0 bridgehead atoms. The molecule has 23 heavy (non-hydrogen) atoms. The number of carbonyl (C=O) groups is 1. The molecule has 0 amide bonds. The van der Waals surface area contributed by atoms with Crippen molar-refractivity contribution in [3.05, 3.63) is 46.1 Å². The fourth-order valence-corrected chi connectivity index (χ4v) is 3.99. The van der Waals surface area contributed by atoms with Crippen LogP contribution in [-0.2, 0) is 21.6 Å². The molecule has 0 radical (unpaired) electrons. The molecule has 1 atom stereocenters. The van der Waals surface area contributed by atoms with E-state index in [4.69, 9.17) is 4.74 Å². The first-order valence-corrected chi connectivity index (χ1v) is 8.67. The number of hydrogen-bond donors (Lipinski definition) is 2. The highest BCUT2D eigenvalue weighted by molar-refractivity contribution is 9.10. The lowest BCUT2D eigenvalue weighted by molar-refractivity contribution is -0.148. The van der Waals surface area contributed by atoms with Gasteiger partial charge in [0.25, 0.3) is 0 Å². The number of nitrogens with one attached hydrogen (secondary N) is 1. The first-order valence-electron chi connectivity index (χ1n) is 7.87. The number of aromatic amines is 1. The van der Waals surface area contributed by atoms with E-state index in [-0.39, 0.29) is 6.42 Å². The van der Waals surface area contributed by atoms with E-state index in [1.165, 1.54) is 5.56 Å². The molecule has 1 unspecified atom stereocenters. The second-order valence-corrected chi connectivity index (χ2v) is 6.74. The highest BCUT2D eigenvalue weighted by Gasteiger charge is 2.41. The summed E-state index contributed by atoms with van der Waals surface area (Å²) in [4.78, 5) is 14.9. The molecular formula is C18H20BrNO3. The van der Waals surface area contributed by atoms with Crippen molar-refractivity contribution in [2.75, 3.05) is 6.61 Å². The van der Waals surface area contributed by atoms with Gasteiger partial charge in [-0.3, -0.25) is 4.79 Å². The summed E-state index contributed by atoms with van der Waals surface area (Å²) < 4.78 is 7.07. The number of aromatic nitrogens is 1. The monoisotopic (exact) mass is 377 g/mol. The molecule has 1 aliphatic rings. The van der Waals surface area contributed by atoms with E-state index in [0.717, 1.165) is 33.9 Å². The smallest absolute Gasteiger partial charge is 0.306 e. The fraction of sp³-hybridized carbons (Fsp3) is 0.389. The predicted molar refractivity (Wildman–Crippen MR) is 93.6 cm³/mol. The number of carboxylic acids is 1. The molecule has 122 valence electrons. The number of halogens is 1. The number of hydrogen-bond acceptors (Lipinski definition) is 2. The number of ether oxygens (including phenoxy) is 1.